The standard InChI is InChI=1S/C11H22N2O4/c1-15-7-4-13(5-8-16-2)11(14)12-10-3-6-17-9-10/h10H,3-9H2,1-2H3,(H,12,14). The molecule has 0 aromatic heterocycles. The SMILES string of the molecule is COCCN(CCOC)C(=O)NC1CCOC1. The Morgan fingerprint density at radius 3 is 2.47 bits per heavy atom. The van der Waals surface area contributed by atoms with Crippen molar-refractivity contribution in [2.24, 2.45) is 0 Å². The van der Waals surface area contributed by atoms with Crippen molar-refractivity contribution < 1.29 is 19.0 Å². The molecule has 0 aliphatic carbocycles. The molecule has 1 heterocycles. The third-order valence-corrected chi connectivity index (χ3v) is 2.68. The van der Waals surface area contributed by atoms with Crippen LogP contribution in [0.25, 0.3) is 0 Å². The van der Waals surface area contributed by atoms with Crippen LogP contribution in [0.1, 0.15) is 6.42 Å². The van der Waals surface area contributed by atoms with E-state index in [1.807, 2.05) is 0 Å². The molecule has 6 nitrogen and oxygen atoms in total. The molecule has 2 amide bonds. The average molecular weight is 246 g/mol. The molecule has 0 aromatic rings. The molecule has 0 aromatic carbocycles. The first kappa shape index (κ1) is 14.2. The van der Waals surface area contributed by atoms with Gasteiger partial charge in [0.2, 0.25) is 0 Å². The topological polar surface area (TPSA) is 60.0 Å². The van der Waals surface area contributed by atoms with Crippen molar-refractivity contribution in [2.75, 3.05) is 53.7 Å². The van der Waals surface area contributed by atoms with Gasteiger partial charge in [-0.15, -0.1) is 0 Å². The average Bonchev–Trinajstić information content (AvgIpc) is 2.82. The third-order valence-electron chi connectivity index (χ3n) is 2.68. The van der Waals surface area contributed by atoms with Crippen molar-refractivity contribution in [1.29, 1.82) is 0 Å². The zero-order valence-corrected chi connectivity index (χ0v) is 10.6. The van der Waals surface area contributed by atoms with Gasteiger partial charge in [0, 0.05) is 33.9 Å². The maximum absolute atomic E-state index is 12.0. The molecule has 1 unspecified atom stereocenters. The molecule has 17 heavy (non-hydrogen) atoms. The number of hydrogen-bond donors (Lipinski definition) is 1. The molecule has 1 fully saturated rings. The molecular weight excluding hydrogens is 224 g/mol. The van der Waals surface area contributed by atoms with Gasteiger partial charge in [-0.05, 0) is 6.42 Å². The number of carbonyl (C=O) groups is 1. The van der Waals surface area contributed by atoms with Gasteiger partial charge in [0.25, 0.3) is 0 Å². The van der Waals surface area contributed by atoms with E-state index >= 15 is 0 Å². The summed E-state index contributed by atoms with van der Waals surface area (Å²) in [7, 11) is 3.24. The van der Waals surface area contributed by atoms with Crippen molar-refractivity contribution in [3.05, 3.63) is 0 Å². The first-order valence-corrected chi connectivity index (χ1v) is 5.89. The molecule has 1 N–H and O–H groups in total. The van der Waals surface area contributed by atoms with Crippen LogP contribution in [-0.2, 0) is 14.2 Å². The summed E-state index contributed by atoms with van der Waals surface area (Å²) in [5, 5.41) is 2.95. The van der Waals surface area contributed by atoms with Gasteiger partial charge in [0.05, 0.1) is 25.9 Å². The third kappa shape index (κ3) is 5.34. The maximum Gasteiger partial charge on any atom is 0.317 e. The molecule has 1 atom stereocenters. The van der Waals surface area contributed by atoms with E-state index in [0.29, 0.717) is 32.9 Å². The summed E-state index contributed by atoms with van der Waals surface area (Å²) < 4.78 is 15.2. The molecule has 0 spiro atoms. The molecule has 1 aliphatic rings. The van der Waals surface area contributed by atoms with Gasteiger partial charge in [0.1, 0.15) is 0 Å². The molecule has 1 aliphatic heterocycles. The highest BCUT2D eigenvalue weighted by Gasteiger charge is 2.20. The molecule has 6 heteroatoms. The van der Waals surface area contributed by atoms with E-state index in [0.717, 1.165) is 13.0 Å². The first-order valence-electron chi connectivity index (χ1n) is 5.89. The zero-order chi connectivity index (χ0) is 12.5. The van der Waals surface area contributed by atoms with Gasteiger partial charge in [-0.25, -0.2) is 4.79 Å². The Hall–Kier alpha value is -0.850. The Balaban J connectivity index is 2.34. The van der Waals surface area contributed by atoms with Crippen LogP contribution >= 0.6 is 0 Å². The number of methoxy groups -OCH3 is 2. The maximum atomic E-state index is 12.0. The minimum atomic E-state index is -0.0744. The quantitative estimate of drug-likeness (QED) is 0.691. The number of ether oxygens (including phenoxy) is 3. The lowest BCUT2D eigenvalue weighted by Gasteiger charge is -2.24. The van der Waals surface area contributed by atoms with Gasteiger partial charge in [-0.1, -0.05) is 0 Å². The first-order chi connectivity index (χ1) is 8.27. The minimum absolute atomic E-state index is 0.0744. The zero-order valence-electron chi connectivity index (χ0n) is 10.6. The predicted octanol–water partition coefficient (Wildman–Crippen LogP) is 0.0797. The number of amides is 2. The fraction of sp³-hybridized carbons (Fsp3) is 0.909. The summed E-state index contributed by atoms with van der Waals surface area (Å²) in [6.45, 7) is 3.52. The van der Waals surface area contributed by atoms with Crippen LogP contribution in [0, 0.1) is 0 Å². The number of nitrogens with one attached hydrogen (secondary N) is 1. The number of carbonyl (C=O) groups excluding carboxylic acids is 1. The van der Waals surface area contributed by atoms with Gasteiger partial charge in [0.15, 0.2) is 0 Å². The molecule has 1 rings (SSSR count). The second-order valence-corrected chi connectivity index (χ2v) is 3.98. The Bertz CT molecular complexity index is 212. The van der Waals surface area contributed by atoms with E-state index in [-0.39, 0.29) is 12.1 Å². The molecular formula is C11H22N2O4. The number of rotatable bonds is 7. The second kappa shape index (κ2) is 8.27. The Labute approximate surface area is 102 Å². The predicted molar refractivity (Wildman–Crippen MR) is 63.1 cm³/mol. The van der Waals surface area contributed by atoms with Crippen molar-refractivity contribution in [1.82, 2.24) is 10.2 Å². The Morgan fingerprint density at radius 2 is 2.00 bits per heavy atom. The van der Waals surface area contributed by atoms with Crippen molar-refractivity contribution >= 4 is 6.03 Å². The summed E-state index contributed by atoms with van der Waals surface area (Å²) in [5.74, 6) is 0. The van der Waals surface area contributed by atoms with Crippen molar-refractivity contribution in [3.8, 4) is 0 Å². The van der Waals surface area contributed by atoms with Crippen LogP contribution in [0.2, 0.25) is 0 Å². The van der Waals surface area contributed by atoms with E-state index in [9.17, 15) is 4.79 Å². The molecule has 100 valence electrons. The second-order valence-electron chi connectivity index (χ2n) is 3.98. The fourth-order valence-corrected chi connectivity index (χ4v) is 1.63. The van der Waals surface area contributed by atoms with E-state index in [4.69, 9.17) is 14.2 Å². The summed E-state index contributed by atoms with van der Waals surface area (Å²) in [6.07, 6.45) is 0.883. The molecule has 0 radical (unpaired) electrons. The van der Waals surface area contributed by atoms with Crippen LogP contribution in [-0.4, -0.2) is 70.7 Å². The highest BCUT2D eigenvalue weighted by Crippen LogP contribution is 2.04. The van der Waals surface area contributed by atoms with Crippen molar-refractivity contribution in [3.63, 3.8) is 0 Å². The summed E-state index contributed by atoms with van der Waals surface area (Å²) in [4.78, 5) is 13.7. The molecule has 0 saturated carbocycles. The van der Waals surface area contributed by atoms with Gasteiger partial charge >= 0.3 is 6.03 Å². The molecule has 0 bridgehead atoms. The van der Waals surface area contributed by atoms with Crippen LogP contribution in [0.15, 0.2) is 0 Å². The lowest BCUT2D eigenvalue weighted by atomic mass is 10.3. The summed E-state index contributed by atoms with van der Waals surface area (Å²) >= 11 is 0. The lowest BCUT2D eigenvalue weighted by Crippen LogP contribution is -2.47. The van der Waals surface area contributed by atoms with Crippen LogP contribution < -0.4 is 5.32 Å². The highest BCUT2D eigenvalue weighted by atomic mass is 16.5. The number of hydrogen-bond acceptors (Lipinski definition) is 4. The van der Waals surface area contributed by atoms with E-state index < -0.39 is 0 Å². The number of urea groups is 1. The highest BCUT2D eigenvalue weighted by molar-refractivity contribution is 5.74. The smallest absolute Gasteiger partial charge is 0.317 e. The van der Waals surface area contributed by atoms with Gasteiger partial charge in [-0.3, -0.25) is 0 Å². The molecule has 1 saturated heterocycles. The monoisotopic (exact) mass is 246 g/mol. The largest absolute Gasteiger partial charge is 0.383 e. The normalized spacial score (nSPS) is 19.3. The Morgan fingerprint density at radius 1 is 1.35 bits per heavy atom. The summed E-state index contributed by atoms with van der Waals surface area (Å²) in [5.41, 5.74) is 0. The van der Waals surface area contributed by atoms with Gasteiger partial charge in [-0.2, -0.15) is 0 Å². The van der Waals surface area contributed by atoms with E-state index in [2.05, 4.69) is 5.32 Å². The summed E-state index contributed by atoms with van der Waals surface area (Å²) in [6, 6.07) is 0.0599. The number of nitrogens with zero attached hydrogens (tertiary/aromatic N) is 1. The Kier molecular flexibility index (Phi) is 6.91. The van der Waals surface area contributed by atoms with Crippen LogP contribution in [0.5, 0.6) is 0 Å². The van der Waals surface area contributed by atoms with Crippen LogP contribution in [0.3, 0.4) is 0 Å². The minimum Gasteiger partial charge on any atom is -0.383 e. The van der Waals surface area contributed by atoms with E-state index in [1.54, 1.807) is 19.1 Å². The van der Waals surface area contributed by atoms with Crippen LogP contribution in [0.4, 0.5) is 4.79 Å². The fourth-order valence-electron chi connectivity index (χ4n) is 1.63. The lowest BCUT2D eigenvalue weighted by molar-refractivity contribution is 0.120. The van der Waals surface area contributed by atoms with Gasteiger partial charge < -0.3 is 24.4 Å². The van der Waals surface area contributed by atoms with Crippen molar-refractivity contribution in [2.45, 2.75) is 12.5 Å². The van der Waals surface area contributed by atoms with E-state index in [1.165, 1.54) is 0 Å².